The molecule has 160 valence electrons. The SMILES string of the molecule is CC1(CCN2CCN(c3ccc([N+](=O)[O-])cc3)CC2)C(=O)N=C2Sc3ccccc3N21. The zero-order chi connectivity index (χ0) is 21.6. The number of hydrogen-bond acceptors (Lipinski definition) is 7. The summed E-state index contributed by atoms with van der Waals surface area (Å²) in [6, 6.07) is 14.9. The minimum atomic E-state index is -0.648. The zero-order valence-corrected chi connectivity index (χ0v) is 18.0. The lowest BCUT2D eigenvalue weighted by molar-refractivity contribution is -0.384. The number of anilines is 2. The maximum atomic E-state index is 12.8. The average molecular weight is 438 g/mol. The van der Waals surface area contributed by atoms with Crippen LogP contribution in [0.5, 0.6) is 0 Å². The third-order valence-corrected chi connectivity index (χ3v) is 7.38. The topological polar surface area (TPSA) is 82.3 Å². The van der Waals surface area contributed by atoms with Gasteiger partial charge >= 0.3 is 0 Å². The molecular formula is C22H23N5O3S. The fourth-order valence-corrected chi connectivity index (χ4v) is 5.56. The highest BCUT2D eigenvalue weighted by molar-refractivity contribution is 8.14. The van der Waals surface area contributed by atoms with Crippen molar-refractivity contribution in [1.29, 1.82) is 0 Å². The monoisotopic (exact) mass is 437 g/mol. The molecule has 0 aliphatic carbocycles. The highest BCUT2D eigenvalue weighted by Gasteiger charge is 2.50. The third-order valence-electron chi connectivity index (χ3n) is 6.36. The van der Waals surface area contributed by atoms with E-state index in [0.29, 0.717) is 6.42 Å². The summed E-state index contributed by atoms with van der Waals surface area (Å²) in [5, 5.41) is 11.6. The van der Waals surface area contributed by atoms with Crippen molar-refractivity contribution in [2.75, 3.05) is 42.5 Å². The van der Waals surface area contributed by atoms with E-state index < -0.39 is 5.54 Å². The standard InChI is InChI=1S/C22H23N5O3S/c1-22(20(28)23-21-26(22)18-4-2-3-5-19(18)31-21)10-11-24-12-14-25(15-13-24)16-6-8-17(9-7-16)27(29)30/h2-9H,10-15H2,1H3. The number of rotatable bonds is 5. The van der Waals surface area contributed by atoms with Crippen LogP contribution in [0.3, 0.4) is 0 Å². The molecule has 31 heavy (non-hydrogen) atoms. The summed E-state index contributed by atoms with van der Waals surface area (Å²) in [5.41, 5.74) is 1.54. The van der Waals surface area contributed by atoms with E-state index in [-0.39, 0.29) is 16.5 Å². The second kappa shape index (κ2) is 7.65. The molecule has 0 radical (unpaired) electrons. The smallest absolute Gasteiger partial charge is 0.274 e. The van der Waals surface area contributed by atoms with Gasteiger partial charge in [-0.25, -0.2) is 0 Å². The molecule has 0 bridgehead atoms. The molecule has 2 aromatic carbocycles. The molecule has 3 aliphatic rings. The molecule has 9 heteroatoms. The number of carbonyl (C=O) groups excluding carboxylic acids is 1. The number of nitrogens with zero attached hydrogens (tertiary/aromatic N) is 5. The number of para-hydroxylation sites is 1. The van der Waals surface area contributed by atoms with Gasteiger partial charge < -0.3 is 9.80 Å². The first-order valence-corrected chi connectivity index (χ1v) is 11.2. The van der Waals surface area contributed by atoms with Gasteiger partial charge in [0.2, 0.25) is 0 Å². The van der Waals surface area contributed by atoms with E-state index in [2.05, 4.69) is 31.8 Å². The molecule has 2 aromatic rings. The van der Waals surface area contributed by atoms with E-state index in [0.717, 1.165) is 54.2 Å². The molecule has 3 heterocycles. The van der Waals surface area contributed by atoms with Crippen LogP contribution < -0.4 is 9.80 Å². The van der Waals surface area contributed by atoms with Gasteiger partial charge in [-0.1, -0.05) is 12.1 Å². The Morgan fingerprint density at radius 1 is 1.10 bits per heavy atom. The van der Waals surface area contributed by atoms with Gasteiger partial charge in [0.25, 0.3) is 11.6 Å². The second-order valence-corrected chi connectivity index (χ2v) is 9.24. The Balaban J connectivity index is 1.21. The molecule has 0 N–H and O–H groups in total. The summed E-state index contributed by atoms with van der Waals surface area (Å²) in [5.74, 6) is -0.0611. The van der Waals surface area contributed by atoms with Crippen molar-refractivity contribution in [3.8, 4) is 0 Å². The van der Waals surface area contributed by atoms with Crippen LogP contribution in [0.1, 0.15) is 13.3 Å². The number of aliphatic imine (C=N–C) groups is 1. The van der Waals surface area contributed by atoms with Crippen LogP contribution in [0.2, 0.25) is 0 Å². The normalized spacial score (nSPS) is 23.0. The van der Waals surface area contributed by atoms with E-state index in [9.17, 15) is 14.9 Å². The van der Waals surface area contributed by atoms with Crippen molar-refractivity contribution in [3.63, 3.8) is 0 Å². The number of amides is 1. The number of hydrogen-bond donors (Lipinski definition) is 0. The van der Waals surface area contributed by atoms with Crippen LogP contribution in [0.4, 0.5) is 17.1 Å². The number of fused-ring (bicyclic) bond motifs is 3. The molecule has 5 rings (SSSR count). The Hall–Kier alpha value is -2.91. The van der Waals surface area contributed by atoms with Gasteiger partial charge in [0.05, 0.1) is 10.6 Å². The summed E-state index contributed by atoms with van der Waals surface area (Å²) in [6.45, 7) is 6.31. The summed E-state index contributed by atoms with van der Waals surface area (Å²) < 4.78 is 0. The summed E-state index contributed by atoms with van der Waals surface area (Å²) >= 11 is 1.57. The number of amidine groups is 1. The van der Waals surface area contributed by atoms with Gasteiger partial charge in [0.1, 0.15) is 5.54 Å². The largest absolute Gasteiger partial charge is 0.369 e. The van der Waals surface area contributed by atoms with E-state index in [1.54, 1.807) is 23.9 Å². The maximum Gasteiger partial charge on any atom is 0.274 e. The lowest BCUT2D eigenvalue weighted by atomic mass is 9.94. The summed E-state index contributed by atoms with van der Waals surface area (Å²) in [4.78, 5) is 35.5. The number of benzene rings is 2. The quantitative estimate of drug-likeness (QED) is 0.524. The fraction of sp³-hybridized carbons (Fsp3) is 0.364. The lowest BCUT2D eigenvalue weighted by Gasteiger charge is -2.38. The van der Waals surface area contributed by atoms with Crippen LogP contribution in [0.15, 0.2) is 58.4 Å². The first kappa shape index (κ1) is 20.0. The Labute approximate surface area is 184 Å². The van der Waals surface area contributed by atoms with Crippen molar-refractivity contribution in [1.82, 2.24) is 4.90 Å². The average Bonchev–Trinajstić information content (AvgIpc) is 3.27. The Morgan fingerprint density at radius 2 is 1.81 bits per heavy atom. The molecule has 8 nitrogen and oxygen atoms in total. The zero-order valence-electron chi connectivity index (χ0n) is 17.2. The Kier molecular flexibility index (Phi) is 4.94. The Bertz CT molecular complexity index is 1070. The van der Waals surface area contributed by atoms with Crippen molar-refractivity contribution in [3.05, 3.63) is 58.6 Å². The summed E-state index contributed by atoms with van der Waals surface area (Å²) in [7, 11) is 0. The van der Waals surface area contributed by atoms with Gasteiger partial charge in [-0.15, -0.1) is 0 Å². The minimum Gasteiger partial charge on any atom is -0.369 e. The van der Waals surface area contributed by atoms with Crippen molar-refractivity contribution in [2.24, 2.45) is 4.99 Å². The van der Waals surface area contributed by atoms with Crippen molar-refractivity contribution < 1.29 is 9.72 Å². The molecule has 3 aliphatic heterocycles. The molecule has 1 unspecified atom stereocenters. The molecule has 1 amide bonds. The number of carbonyl (C=O) groups is 1. The van der Waals surface area contributed by atoms with Crippen LogP contribution in [-0.2, 0) is 4.79 Å². The van der Waals surface area contributed by atoms with Crippen molar-refractivity contribution >= 4 is 39.9 Å². The van der Waals surface area contributed by atoms with Crippen molar-refractivity contribution in [2.45, 2.75) is 23.8 Å². The van der Waals surface area contributed by atoms with Crippen LogP contribution >= 0.6 is 11.8 Å². The van der Waals surface area contributed by atoms with Gasteiger partial charge in [-0.3, -0.25) is 19.8 Å². The maximum absolute atomic E-state index is 12.8. The van der Waals surface area contributed by atoms with Crippen LogP contribution in [-0.4, -0.2) is 59.2 Å². The number of nitro groups is 1. The van der Waals surface area contributed by atoms with E-state index in [4.69, 9.17) is 0 Å². The number of nitro benzene ring substituents is 1. The molecule has 1 fully saturated rings. The van der Waals surface area contributed by atoms with Gasteiger partial charge in [-0.2, -0.15) is 4.99 Å². The molecule has 1 saturated heterocycles. The highest BCUT2D eigenvalue weighted by atomic mass is 32.2. The second-order valence-electron chi connectivity index (χ2n) is 8.23. The summed E-state index contributed by atoms with van der Waals surface area (Å²) in [6.07, 6.45) is 0.714. The first-order valence-electron chi connectivity index (χ1n) is 10.4. The predicted octanol–water partition coefficient (Wildman–Crippen LogP) is 3.37. The lowest BCUT2D eigenvalue weighted by Crippen LogP contribution is -2.52. The molecule has 1 atom stereocenters. The fourth-order valence-electron chi connectivity index (χ4n) is 4.44. The number of non-ortho nitro benzene ring substituents is 1. The Morgan fingerprint density at radius 3 is 2.52 bits per heavy atom. The molecule has 0 saturated carbocycles. The van der Waals surface area contributed by atoms with Crippen LogP contribution in [0, 0.1) is 10.1 Å². The van der Waals surface area contributed by atoms with E-state index in [1.807, 2.05) is 31.2 Å². The highest BCUT2D eigenvalue weighted by Crippen LogP contribution is 2.48. The molecule has 0 aromatic heterocycles. The van der Waals surface area contributed by atoms with Crippen LogP contribution in [0.25, 0.3) is 0 Å². The number of thioether (sulfide) groups is 1. The molecule has 0 spiro atoms. The van der Waals surface area contributed by atoms with Gasteiger partial charge in [-0.05, 0) is 49.4 Å². The molecular weight excluding hydrogens is 414 g/mol. The first-order chi connectivity index (χ1) is 15.0. The van der Waals surface area contributed by atoms with Gasteiger partial charge in [0, 0.05) is 55.4 Å². The minimum absolute atomic E-state index is 0.0611. The predicted molar refractivity (Wildman–Crippen MR) is 122 cm³/mol. The number of piperazine rings is 1. The third kappa shape index (κ3) is 3.47. The van der Waals surface area contributed by atoms with E-state index >= 15 is 0 Å². The van der Waals surface area contributed by atoms with E-state index in [1.165, 1.54) is 0 Å². The van der Waals surface area contributed by atoms with Gasteiger partial charge in [0.15, 0.2) is 5.17 Å².